The van der Waals surface area contributed by atoms with Gasteiger partial charge < -0.3 is 5.73 Å². The van der Waals surface area contributed by atoms with Crippen molar-refractivity contribution in [2.75, 3.05) is 12.3 Å². The van der Waals surface area contributed by atoms with Crippen molar-refractivity contribution in [3.8, 4) is 0 Å². The molecule has 2 N–H and O–H groups in total. The van der Waals surface area contributed by atoms with E-state index in [2.05, 4.69) is 9.17 Å². The summed E-state index contributed by atoms with van der Waals surface area (Å²) in [6, 6.07) is 3.01. The fraction of sp³-hybridized carbons (Fsp3) is 0.286. The normalized spacial score (nSPS) is 11.5. The molecule has 0 saturated heterocycles. The molecule has 5 nitrogen and oxygen atoms in total. The van der Waals surface area contributed by atoms with Gasteiger partial charge in [-0.3, -0.25) is 4.18 Å². The topological polar surface area (TPSA) is 82.3 Å². The number of nitrogen functional groups attached to an aromatic ring is 1. The summed E-state index contributed by atoms with van der Waals surface area (Å²) in [5.41, 5.74) is 5.51. The van der Waals surface area contributed by atoms with Crippen LogP contribution in [0.15, 0.2) is 23.4 Å². The smallest absolute Gasteiger partial charge is 0.316 e. The van der Waals surface area contributed by atoms with E-state index in [0.717, 1.165) is 0 Å². The minimum absolute atomic E-state index is 0.0678. The summed E-state index contributed by atoms with van der Waals surface area (Å²) in [5.74, 6) is 0. The minimum atomic E-state index is -3.78. The first-order chi connectivity index (χ1) is 6.08. The van der Waals surface area contributed by atoms with E-state index in [1.54, 1.807) is 13.0 Å². The van der Waals surface area contributed by atoms with Crippen molar-refractivity contribution in [1.82, 2.24) is 4.98 Å². The number of nitrogens with two attached hydrogens (primary N) is 1. The van der Waals surface area contributed by atoms with E-state index in [1.807, 2.05) is 0 Å². The number of anilines is 1. The van der Waals surface area contributed by atoms with Crippen molar-refractivity contribution in [3.05, 3.63) is 18.3 Å². The van der Waals surface area contributed by atoms with Gasteiger partial charge in [0.2, 0.25) is 5.03 Å². The molecule has 0 saturated carbocycles. The molecule has 1 aromatic rings. The van der Waals surface area contributed by atoms with Gasteiger partial charge in [-0.1, -0.05) is 0 Å². The van der Waals surface area contributed by atoms with Crippen LogP contribution in [0, 0.1) is 0 Å². The Morgan fingerprint density at radius 3 is 2.85 bits per heavy atom. The first kappa shape index (κ1) is 9.94. The lowest BCUT2D eigenvalue weighted by molar-refractivity contribution is 0.336. The lowest BCUT2D eigenvalue weighted by Gasteiger charge is -2.03. The molecule has 0 radical (unpaired) electrons. The average molecular weight is 202 g/mol. The average Bonchev–Trinajstić information content (AvgIpc) is 2.04. The van der Waals surface area contributed by atoms with Crippen LogP contribution in [0.3, 0.4) is 0 Å². The summed E-state index contributed by atoms with van der Waals surface area (Å²) in [5, 5.41) is -0.225. The molecule has 1 heterocycles. The van der Waals surface area contributed by atoms with Gasteiger partial charge in [0.15, 0.2) is 0 Å². The summed E-state index contributed by atoms with van der Waals surface area (Å²) in [7, 11) is -3.78. The van der Waals surface area contributed by atoms with Crippen LogP contribution in [0.1, 0.15) is 6.92 Å². The van der Waals surface area contributed by atoms with E-state index in [0.29, 0.717) is 0 Å². The summed E-state index contributed by atoms with van der Waals surface area (Å²) < 4.78 is 27.1. The maximum atomic E-state index is 11.3. The largest absolute Gasteiger partial charge is 0.396 e. The second kappa shape index (κ2) is 3.71. The Morgan fingerprint density at radius 1 is 1.62 bits per heavy atom. The van der Waals surface area contributed by atoms with Gasteiger partial charge in [0.1, 0.15) is 0 Å². The van der Waals surface area contributed by atoms with Gasteiger partial charge in [-0.15, -0.1) is 0 Å². The van der Waals surface area contributed by atoms with Crippen molar-refractivity contribution in [3.63, 3.8) is 0 Å². The van der Waals surface area contributed by atoms with Crippen LogP contribution >= 0.6 is 0 Å². The van der Waals surface area contributed by atoms with Gasteiger partial charge in [0, 0.05) is 6.20 Å². The summed E-state index contributed by atoms with van der Waals surface area (Å²) >= 11 is 0. The highest BCUT2D eigenvalue weighted by atomic mass is 32.2. The first-order valence-electron chi connectivity index (χ1n) is 3.68. The summed E-state index contributed by atoms with van der Waals surface area (Å²) in [4.78, 5) is 3.63. The second-order valence-corrected chi connectivity index (χ2v) is 3.79. The van der Waals surface area contributed by atoms with E-state index in [4.69, 9.17) is 5.73 Å². The molecule has 0 aromatic carbocycles. The Balaban J connectivity index is 3.15. The third kappa shape index (κ3) is 2.16. The predicted molar refractivity (Wildman–Crippen MR) is 47.5 cm³/mol. The molecule has 0 unspecified atom stereocenters. The summed E-state index contributed by atoms with van der Waals surface area (Å²) in [6.45, 7) is 1.65. The molecule has 0 aliphatic rings. The van der Waals surface area contributed by atoms with Gasteiger partial charge in [-0.05, 0) is 19.1 Å². The molecule has 0 aliphatic heterocycles. The van der Waals surface area contributed by atoms with Crippen molar-refractivity contribution in [2.45, 2.75) is 11.9 Å². The van der Waals surface area contributed by atoms with Gasteiger partial charge >= 0.3 is 10.1 Å². The molecule has 0 fully saturated rings. The van der Waals surface area contributed by atoms with Crippen molar-refractivity contribution < 1.29 is 12.6 Å². The fourth-order valence-corrected chi connectivity index (χ4v) is 1.79. The van der Waals surface area contributed by atoms with E-state index in [1.165, 1.54) is 12.3 Å². The molecule has 0 atom stereocenters. The quantitative estimate of drug-likeness (QED) is 0.717. The van der Waals surface area contributed by atoms with Crippen LogP contribution in [0.4, 0.5) is 5.69 Å². The number of pyridine rings is 1. The molecule has 1 aromatic heterocycles. The highest BCUT2D eigenvalue weighted by Gasteiger charge is 2.18. The predicted octanol–water partition coefficient (Wildman–Crippen LogP) is 0.389. The van der Waals surface area contributed by atoms with Crippen LogP contribution in [0.2, 0.25) is 0 Å². The van der Waals surface area contributed by atoms with Crippen LogP contribution < -0.4 is 5.73 Å². The van der Waals surface area contributed by atoms with Gasteiger partial charge in [0.25, 0.3) is 0 Å². The number of hydrogen-bond acceptors (Lipinski definition) is 5. The number of aromatic nitrogens is 1. The molecule has 0 amide bonds. The lowest BCUT2D eigenvalue weighted by atomic mass is 10.4. The highest BCUT2D eigenvalue weighted by molar-refractivity contribution is 7.86. The zero-order valence-corrected chi connectivity index (χ0v) is 7.91. The first-order valence-corrected chi connectivity index (χ1v) is 5.08. The number of rotatable bonds is 3. The molecule has 0 spiro atoms. The van der Waals surface area contributed by atoms with Gasteiger partial charge in [-0.25, -0.2) is 4.98 Å². The Hall–Kier alpha value is -1.14. The zero-order chi connectivity index (χ0) is 9.90. The van der Waals surface area contributed by atoms with Crippen LogP contribution in [0.25, 0.3) is 0 Å². The van der Waals surface area contributed by atoms with E-state index in [9.17, 15) is 8.42 Å². The van der Waals surface area contributed by atoms with E-state index >= 15 is 0 Å². The molecule has 72 valence electrons. The summed E-state index contributed by atoms with van der Waals surface area (Å²) in [6.07, 6.45) is 1.35. The van der Waals surface area contributed by atoms with Crippen LogP contribution in [0.5, 0.6) is 0 Å². The van der Waals surface area contributed by atoms with Crippen molar-refractivity contribution in [1.29, 1.82) is 0 Å². The van der Waals surface area contributed by atoms with Crippen LogP contribution in [-0.2, 0) is 14.3 Å². The maximum absolute atomic E-state index is 11.3. The molecule has 13 heavy (non-hydrogen) atoms. The highest BCUT2D eigenvalue weighted by Crippen LogP contribution is 2.15. The molecule has 1 rings (SSSR count). The Kier molecular flexibility index (Phi) is 2.84. The van der Waals surface area contributed by atoms with E-state index < -0.39 is 10.1 Å². The SMILES string of the molecule is CCOS(=O)(=O)c1ncccc1N. The second-order valence-electron chi connectivity index (χ2n) is 2.26. The Labute approximate surface area is 76.7 Å². The Morgan fingerprint density at radius 2 is 2.31 bits per heavy atom. The Bertz CT molecular complexity index is 388. The lowest BCUT2D eigenvalue weighted by Crippen LogP contribution is -2.10. The van der Waals surface area contributed by atoms with Gasteiger partial charge in [0.05, 0.1) is 12.3 Å². The van der Waals surface area contributed by atoms with Crippen molar-refractivity contribution >= 4 is 15.8 Å². The molecule has 0 aliphatic carbocycles. The zero-order valence-electron chi connectivity index (χ0n) is 7.10. The van der Waals surface area contributed by atoms with Crippen molar-refractivity contribution in [2.24, 2.45) is 0 Å². The number of nitrogens with zero attached hydrogens (tertiary/aromatic N) is 1. The number of hydrogen-bond donors (Lipinski definition) is 1. The molecular formula is C7H10N2O3S. The molecular weight excluding hydrogens is 192 g/mol. The van der Waals surface area contributed by atoms with E-state index in [-0.39, 0.29) is 17.3 Å². The molecule has 6 heteroatoms. The van der Waals surface area contributed by atoms with Gasteiger partial charge in [-0.2, -0.15) is 8.42 Å². The van der Waals surface area contributed by atoms with Crippen LogP contribution in [-0.4, -0.2) is 20.0 Å². The minimum Gasteiger partial charge on any atom is -0.396 e. The third-order valence-corrected chi connectivity index (χ3v) is 2.67. The molecule has 0 bridgehead atoms. The monoisotopic (exact) mass is 202 g/mol. The standard InChI is InChI=1S/C7H10N2O3S/c1-2-12-13(10,11)7-6(8)4-3-5-9-7/h3-5H,2,8H2,1H3. The third-order valence-electron chi connectivity index (χ3n) is 1.31. The maximum Gasteiger partial charge on any atom is 0.316 e. The fourth-order valence-electron chi connectivity index (χ4n) is 0.823.